The molecule has 0 aromatic heterocycles. The molecule has 0 fully saturated rings. The van der Waals surface area contributed by atoms with Gasteiger partial charge in [0, 0.05) is 17.2 Å². The van der Waals surface area contributed by atoms with Crippen molar-refractivity contribution >= 4 is 17.3 Å². The van der Waals surface area contributed by atoms with Crippen LogP contribution >= 0.6 is 11.6 Å². The minimum atomic E-state index is -6.08. The van der Waals surface area contributed by atoms with Crippen molar-refractivity contribution in [2.24, 2.45) is 0 Å². The van der Waals surface area contributed by atoms with Crippen LogP contribution in [0.1, 0.15) is 11.1 Å². The van der Waals surface area contributed by atoms with Gasteiger partial charge in [0.05, 0.1) is 4.92 Å². The third-order valence-corrected chi connectivity index (χ3v) is 3.82. The molecule has 0 aliphatic heterocycles. The Bertz CT molecular complexity index is 777. The number of rotatable bonds is 4. The first-order chi connectivity index (χ1) is 11.4. The average molecular weight is 382 g/mol. The number of nitro groups is 1. The SMILES string of the molecule is O=[N+]([O-])c1ccc(C(O)(c2ccc(Cl)cc2)C(F)(F)C(F)(F)F)cc1. The molecular formula is C15H9ClF5NO3. The number of aliphatic hydroxyl groups is 1. The molecule has 1 unspecified atom stereocenters. The van der Waals surface area contributed by atoms with Gasteiger partial charge < -0.3 is 5.11 Å². The predicted octanol–water partition coefficient (Wildman–Crippen LogP) is 4.68. The lowest BCUT2D eigenvalue weighted by Gasteiger charge is -2.37. The molecule has 1 N–H and O–H groups in total. The number of benzene rings is 2. The van der Waals surface area contributed by atoms with Gasteiger partial charge in [-0.15, -0.1) is 0 Å². The number of alkyl halides is 5. The van der Waals surface area contributed by atoms with Crippen LogP contribution < -0.4 is 0 Å². The third kappa shape index (κ3) is 3.16. The fourth-order valence-electron chi connectivity index (χ4n) is 2.25. The highest BCUT2D eigenvalue weighted by Gasteiger charge is 2.71. The largest absolute Gasteiger partial charge is 0.457 e. The van der Waals surface area contributed by atoms with Crippen molar-refractivity contribution in [2.45, 2.75) is 17.7 Å². The molecule has 0 aliphatic rings. The van der Waals surface area contributed by atoms with Gasteiger partial charge in [0.15, 0.2) is 5.60 Å². The van der Waals surface area contributed by atoms with E-state index in [0.717, 1.165) is 36.4 Å². The monoisotopic (exact) mass is 381 g/mol. The van der Waals surface area contributed by atoms with Crippen LogP contribution in [0, 0.1) is 10.1 Å². The number of nitro benzene ring substituents is 1. The Balaban J connectivity index is 2.72. The normalized spacial score (nSPS) is 14.8. The van der Waals surface area contributed by atoms with E-state index in [2.05, 4.69) is 0 Å². The second-order valence-electron chi connectivity index (χ2n) is 5.09. The summed E-state index contributed by atoms with van der Waals surface area (Å²) in [6.07, 6.45) is -6.08. The van der Waals surface area contributed by atoms with Crippen molar-refractivity contribution in [3.8, 4) is 0 Å². The van der Waals surface area contributed by atoms with E-state index in [1.165, 1.54) is 0 Å². The number of hydrogen-bond acceptors (Lipinski definition) is 3. The smallest absolute Gasteiger partial charge is 0.374 e. The summed E-state index contributed by atoms with van der Waals surface area (Å²) in [7, 11) is 0. The first-order valence-electron chi connectivity index (χ1n) is 6.59. The second kappa shape index (κ2) is 6.23. The fraction of sp³-hybridized carbons (Fsp3) is 0.200. The van der Waals surface area contributed by atoms with E-state index in [-0.39, 0.29) is 5.02 Å². The summed E-state index contributed by atoms with van der Waals surface area (Å²) in [4.78, 5) is 9.77. The molecule has 2 aromatic rings. The van der Waals surface area contributed by atoms with Gasteiger partial charge in [-0.3, -0.25) is 10.1 Å². The molecule has 0 aliphatic carbocycles. The summed E-state index contributed by atoms with van der Waals surface area (Å²) in [5, 5.41) is 21.1. The molecule has 0 radical (unpaired) electrons. The van der Waals surface area contributed by atoms with Crippen LogP contribution in [0.3, 0.4) is 0 Å². The molecule has 4 nitrogen and oxygen atoms in total. The Labute approximate surface area is 142 Å². The number of nitrogens with zero attached hydrogens (tertiary/aromatic N) is 1. The number of non-ortho nitro benzene ring substituents is 1. The lowest BCUT2D eigenvalue weighted by Crippen LogP contribution is -2.55. The first kappa shape index (κ1) is 19.1. The van der Waals surface area contributed by atoms with E-state index in [1.807, 2.05) is 0 Å². The van der Waals surface area contributed by atoms with Crippen molar-refractivity contribution in [1.82, 2.24) is 0 Å². The summed E-state index contributed by atoms with van der Waals surface area (Å²) in [6.45, 7) is 0. The third-order valence-electron chi connectivity index (χ3n) is 3.57. The van der Waals surface area contributed by atoms with Crippen LogP contribution in [0.15, 0.2) is 48.5 Å². The lowest BCUT2D eigenvalue weighted by molar-refractivity contribution is -0.384. The van der Waals surface area contributed by atoms with Gasteiger partial charge in [0.2, 0.25) is 0 Å². The van der Waals surface area contributed by atoms with Gasteiger partial charge in [0.1, 0.15) is 0 Å². The van der Waals surface area contributed by atoms with Crippen molar-refractivity contribution < 1.29 is 32.0 Å². The zero-order chi connectivity index (χ0) is 19.0. The van der Waals surface area contributed by atoms with Crippen molar-refractivity contribution in [1.29, 1.82) is 0 Å². The Morgan fingerprint density at radius 3 is 1.64 bits per heavy atom. The van der Waals surface area contributed by atoms with E-state index < -0.39 is 39.4 Å². The zero-order valence-corrected chi connectivity index (χ0v) is 12.9. The van der Waals surface area contributed by atoms with Gasteiger partial charge in [-0.25, -0.2) is 0 Å². The van der Waals surface area contributed by atoms with E-state index in [0.29, 0.717) is 12.1 Å². The molecular weight excluding hydrogens is 373 g/mol. The molecule has 1 atom stereocenters. The van der Waals surface area contributed by atoms with Crippen molar-refractivity contribution in [3.05, 3.63) is 74.8 Å². The number of halogens is 6. The van der Waals surface area contributed by atoms with Crippen LogP contribution in [-0.2, 0) is 5.60 Å². The minimum absolute atomic E-state index is 0.0603. The molecule has 0 saturated carbocycles. The second-order valence-corrected chi connectivity index (χ2v) is 5.53. The summed E-state index contributed by atoms with van der Waals surface area (Å²) in [6, 6.07) is 6.47. The minimum Gasteiger partial charge on any atom is -0.374 e. The molecule has 0 heterocycles. The molecule has 0 amide bonds. The molecule has 134 valence electrons. The Hall–Kier alpha value is -2.26. The summed E-state index contributed by atoms with van der Waals surface area (Å²) in [5.41, 5.74) is -5.96. The first-order valence-corrected chi connectivity index (χ1v) is 6.97. The van der Waals surface area contributed by atoms with Gasteiger partial charge >= 0.3 is 12.1 Å². The van der Waals surface area contributed by atoms with Gasteiger partial charge in [-0.05, 0) is 35.4 Å². The molecule has 10 heteroatoms. The van der Waals surface area contributed by atoms with Crippen LogP contribution in [0.2, 0.25) is 5.02 Å². The summed E-state index contributed by atoms with van der Waals surface area (Å²) >= 11 is 5.60. The van der Waals surface area contributed by atoms with Crippen molar-refractivity contribution in [3.63, 3.8) is 0 Å². The summed E-state index contributed by atoms with van der Waals surface area (Å²) < 4.78 is 67.2. The Kier molecular flexibility index (Phi) is 4.75. The maximum Gasteiger partial charge on any atom is 0.457 e. The van der Waals surface area contributed by atoms with E-state index >= 15 is 0 Å². The Morgan fingerprint density at radius 1 is 0.880 bits per heavy atom. The van der Waals surface area contributed by atoms with Crippen LogP contribution in [0.4, 0.5) is 27.6 Å². The quantitative estimate of drug-likeness (QED) is 0.475. The van der Waals surface area contributed by atoms with E-state index in [4.69, 9.17) is 11.6 Å². The fourth-order valence-corrected chi connectivity index (χ4v) is 2.38. The molecule has 25 heavy (non-hydrogen) atoms. The molecule has 0 bridgehead atoms. The van der Waals surface area contributed by atoms with Crippen LogP contribution in [0.25, 0.3) is 0 Å². The van der Waals surface area contributed by atoms with Crippen LogP contribution in [-0.4, -0.2) is 22.1 Å². The maximum absolute atomic E-state index is 14.2. The standard InChI is InChI=1S/C15H9ClF5NO3/c16-11-5-1-9(2-6-11)13(23,14(17,18)15(19,20)21)10-3-7-12(8-4-10)22(24)25/h1-8,23H. The molecule has 0 spiro atoms. The number of hydrogen-bond donors (Lipinski definition) is 1. The zero-order valence-electron chi connectivity index (χ0n) is 12.1. The van der Waals surface area contributed by atoms with Crippen LogP contribution in [0.5, 0.6) is 0 Å². The summed E-state index contributed by atoms with van der Waals surface area (Å²) in [5.74, 6) is -5.58. The maximum atomic E-state index is 14.2. The highest BCUT2D eigenvalue weighted by atomic mass is 35.5. The van der Waals surface area contributed by atoms with Gasteiger partial charge in [-0.1, -0.05) is 23.7 Å². The van der Waals surface area contributed by atoms with E-state index in [9.17, 15) is 37.2 Å². The highest BCUT2D eigenvalue weighted by Crippen LogP contribution is 2.51. The Morgan fingerprint density at radius 2 is 1.28 bits per heavy atom. The van der Waals surface area contributed by atoms with Gasteiger partial charge in [0.25, 0.3) is 5.69 Å². The molecule has 0 saturated heterocycles. The van der Waals surface area contributed by atoms with Crippen molar-refractivity contribution in [2.75, 3.05) is 0 Å². The molecule has 2 rings (SSSR count). The van der Waals surface area contributed by atoms with E-state index in [1.54, 1.807) is 0 Å². The van der Waals surface area contributed by atoms with Gasteiger partial charge in [-0.2, -0.15) is 22.0 Å². The predicted molar refractivity (Wildman–Crippen MR) is 78.5 cm³/mol. The lowest BCUT2D eigenvalue weighted by atomic mass is 9.80. The highest BCUT2D eigenvalue weighted by molar-refractivity contribution is 6.30. The average Bonchev–Trinajstić information content (AvgIpc) is 2.53. The molecule has 2 aromatic carbocycles. The topological polar surface area (TPSA) is 63.4 Å².